The molecule has 2 N–H and O–H groups in total. The number of ether oxygens (including phenoxy) is 6. The van der Waals surface area contributed by atoms with Crippen LogP contribution in [0.5, 0.6) is 17.2 Å². The molecule has 0 atom stereocenters. The summed E-state index contributed by atoms with van der Waals surface area (Å²) in [5, 5.41) is 26.8. The fourth-order valence-corrected chi connectivity index (χ4v) is 12.3. The van der Waals surface area contributed by atoms with Crippen molar-refractivity contribution in [2.75, 3.05) is 163 Å². The molecule has 0 bridgehead atoms. The molecule has 8 aromatic carbocycles. The van der Waals surface area contributed by atoms with Crippen molar-refractivity contribution in [2.24, 2.45) is 0 Å². The number of halogens is 1. The predicted molar refractivity (Wildman–Crippen MR) is 412 cm³/mol. The average Bonchev–Trinajstić information content (AvgIpc) is 0.862. The third kappa shape index (κ3) is 40.8. The van der Waals surface area contributed by atoms with Gasteiger partial charge in [0.25, 0.3) is 49.5 Å². The van der Waals surface area contributed by atoms with Crippen LogP contribution in [0.1, 0.15) is 27.8 Å². The van der Waals surface area contributed by atoms with E-state index in [1.165, 1.54) is 60.7 Å². The molecule has 0 saturated carbocycles. The molecule has 26 nitrogen and oxygen atoms in total. The quantitative estimate of drug-likeness (QED) is 0.0174. The molecule has 0 aliphatic heterocycles. The van der Waals surface area contributed by atoms with Crippen molar-refractivity contribution < 1.29 is 132 Å². The van der Waals surface area contributed by atoms with Crippen molar-refractivity contribution in [3.05, 3.63) is 222 Å². The topological polar surface area (TPSA) is 336 Å². The van der Waals surface area contributed by atoms with Crippen LogP contribution in [-0.2, 0) is 85.2 Å². The van der Waals surface area contributed by atoms with Gasteiger partial charge in [0.05, 0.1) is 117 Å². The smallest absolute Gasteiger partial charge is 0.872 e. The van der Waals surface area contributed by atoms with E-state index in [4.69, 9.17) is 61.3 Å². The van der Waals surface area contributed by atoms with Crippen molar-refractivity contribution >= 4 is 77.3 Å². The Kier molecular flexibility index (Phi) is 46.5. The van der Waals surface area contributed by atoms with Crippen molar-refractivity contribution in [2.45, 2.75) is 59.1 Å². The number of rotatable bonds is 36. The van der Waals surface area contributed by atoms with Gasteiger partial charge in [0.15, 0.2) is 0 Å². The molecule has 0 spiro atoms. The minimum Gasteiger partial charge on any atom is -0.872 e. The van der Waals surface area contributed by atoms with Crippen LogP contribution in [0, 0.1) is 34.6 Å². The van der Waals surface area contributed by atoms with Crippen LogP contribution in [0.25, 0.3) is 0 Å². The summed E-state index contributed by atoms with van der Waals surface area (Å²) in [5.74, 6) is 1.77. The SMILES string of the molecule is CN(C)c1ccc(OCCOCCOc2ccc(N(C)C)cc2)cc1.CN(C)c1ccc([O-])cc1.Cc1ccc(S(=O)(=O)Cl)cc1.Cc1ccc(S(=O)(=O)OCCOCCOS(=O)(=O)c2ccc(C)cc2)cc1.Cc1ccc(S(=O)(=O)OCCOCCOS(=O)(=O)c2ccc(C)cc2)cc1.OCCOCCO.[Na+]. The van der Waals surface area contributed by atoms with E-state index in [9.17, 15) is 47.2 Å². The molecule has 33 heteroatoms. The summed E-state index contributed by atoms with van der Waals surface area (Å²) < 4.78 is 168. The minimum atomic E-state index is -3.84. The second-order valence-corrected chi connectivity index (χ2v) is 32.4. The van der Waals surface area contributed by atoms with Gasteiger partial charge in [-0.05, 0) is 156 Å². The third-order valence-electron chi connectivity index (χ3n) is 13.9. The van der Waals surface area contributed by atoms with E-state index < -0.39 is 49.5 Å². The van der Waals surface area contributed by atoms with E-state index in [2.05, 4.69) is 14.5 Å². The van der Waals surface area contributed by atoms with E-state index in [1.54, 1.807) is 72.8 Å². The van der Waals surface area contributed by atoms with Crippen molar-refractivity contribution in [3.8, 4) is 17.2 Å². The molecule has 0 fully saturated rings. The Morgan fingerprint density at radius 3 is 0.713 bits per heavy atom. The Morgan fingerprint density at radius 1 is 0.296 bits per heavy atom. The summed E-state index contributed by atoms with van der Waals surface area (Å²) in [7, 11) is -1.87. The van der Waals surface area contributed by atoms with Crippen LogP contribution < -0.4 is 58.8 Å². The van der Waals surface area contributed by atoms with Gasteiger partial charge < -0.3 is 58.4 Å². The summed E-state index contributed by atoms with van der Waals surface area (Å²) in [5.41, 5.74) is 8.14. The van der Waals surface area contributed by atoms with E-state index in [0.717, 1.165) is 56.4 Å². The number of aliphatic hydroxyl groups is 2. The summed E-state index contributed by atoms with van der Waals surface area (Å²) in [6.07, 6.45) is 0. The second kappa shape index (κ2) is 51.6. The van der Waals surface area contributed by atoms with E-state index in [0.29, 0.717) is 39.6 Å². The maximum absolute atomic E-state index is 12.0. The first-order chi connectivity index (χ1) is 50.6. The number of aliphatic hydroxyl groups excluding tert-OH is 2. The Labute approximate surface area is 665 Å². The number of hydrogen-bond acceptors (Lipinski definition) is 26. The zero-order valence-electron chi connectivity index (χ0n) is 63.0. The molecule has 8 aromatic rings. The molecule has 0 saturated heterocycles. The van der Waals surface area contributed by atoms with Crippen LogP contribution in [0.15, 0.2) is 219 Å². The maximum Gasteiger partial charge on any atom is 1.00 e. The standard InChI is InChI=1S/C20H28N2O3.2C18H22O7S2.C8H11NO.C7H7ClO2S.C4H10O3.Na/c1-21(2)17-5-9-19(10-6-17)24-15-13-23-14-16-25-20-11-7-18(8-12-20)22(3)4;2*1-15-3-7-17(8-4-15)26(19,20)24-13-11-23-12-14-25-27(21,22)18-9-5-16(2)6-10-18;1-9(2)7-3-5-8(10)6-4-7;1-6-2-4-7(5-3-6)11(8,9)10;5-1-3-7-4-2-6;/h5-12H,13-16H2,1-4H3;2*3-10H,11-14H2,1-2H3;3-6,10H,1-2H3;2-5H,1H3;5-6H,1-4H2;/q;;;;;;+1/p-1. The van der Waals surface area contributed by atoms with Crippen LogP contribution in [-0.4, -0.2) is 200 Å². The number of anilines is 3. The molecular formula is C75H99ClN3NaO23S5. The maximum atomic E-state index is 12.0. The zero-order valence-corrected chi connectivity index (χ0v) is 69.9. The van der Waals surface area contributed by atoms with Crippen molar-refractivity contribution in [1.29, 1.82) is 0 Å². The van der Waals surface area contributed by atoms with Crippen LogP contribution >= 0.6 is 10.7 Å². The zero-order chi connectivity index (χ0) is 79.5. The monoisotopic (exact) mass is 1630 g/mol. The van der Waals surface area contributed by atoms with Gasteiger partial charge in [-0.3, -0.25) is 16.7 Å². The predicted octanol–water partition coefficient (Wildman–Crippen LogP) is 6.90. The Bertz CT molecular complexity index is 3990. The molecule has 0 amide bonds. The summed E-state index contributed by atoms with van der Waals surface area (Å²) in [6, 6.07) is 54.3. The van der Waals surface area contributed by atoms with Gasteiger partial charge in [-0.25, -0.2) is 8.42 Å². The third-order valence-corrected chi connectivity index (χ3v) is 20.6. The molecule has 0 radical (unpaired) electrons. The summed E-state index contributed by atoms with van der Waals surface area (Å²) in [6.45, 7) is 11.3. The normalized spacial score (nSPS) is 11.2. The molecule has 108 heavy (non-hydrogen) atoms. The van der Waals surface area contributed by atoms with Crippen LogP contribution in [0.2, 0.25) is 0 Å². The molecule has 0 aliphatic rings. The molecule has 0 aromatic heterocycles. The minimum absolute atomic E-state index is 0. The van der Waals surface area contributed by atoms with Gasteiger partial charge in [0, 0.05) is 70.0 Å². The molecule has 0 aliphatic carbocycles. The molecule has 8 rings (SSSR count). The molecule has 590 valence electrons. The fraction of sp³-hybridized carbons (Fsp3) is 0.360. The van der Waals surface area contributed by atoms with Crippen molar-refractivity contribution in [3.63, 3.8) is 0 Å². The van der Waals surface area contributed by atoms with Gasteiger partial charge in [0.2, 0.25) is 0 Å². The number of nitrogens with zero attached hydrogens (tertiary/aromatic N) is 3. The van der Waals surface area contributed by atoms with Crippen LogP contribution in [0.3, 0.4) is 0 Å². The van der Waals surface area contributed by atoms with Crippen LogP contribution in [0.4, 0.5) is 17.1 Å². The first-order valence-corrected chi connectivity index (χ1v) is 41.2. The largest absolute Gasteiger partial charge is 1.00 e. The number of hydrogen-bond donors (Lipinski definition) is 2. The van der Waals surface area contributed by atoms with Gasteiger partial charge >= 0.3 is 29.6 Å². The molecule has 0 unspecified atom stereocenters. The average molecular weight is 1630 g/mol. The van der Waals surface area contributed by atoms with E-state index in [1.807, 2.05) is 142 Å². The van der Waals surface area contributed by atoms with E-state index >= 15 is 0 Å². The summed E-state index contributed by atoms with van der Waals surface area (Å²) in [4.78, 5) is 6.49. The van der Waals surface area contributed by atoms with Gasteiger partial charge in [-0.2, -0.15) is 33.7 Å². The molecular weight excluding hydrogens is 1530 g/mol. The summed E-state index contributed by atoms with van der Waals surface area (Å²) >= 11 is 0. The fourth-order valence-electron chi connectivity index (χ4n) is 8.00. The van der Waals surface area contributed by atoms with Gasteiger partial charge in [-0.1, -0.05) is 101 Å². The van der Waals surface area contributed by atoms with Gasteiger partial charge in [0.1, 0.15) is 24.7 Å². The van der Waals surface area contributed by atoms with E-state index in [-0.39, 0.29) is 126 Å². The molecule has 0 heterocycles. The Balaban J connectivity index is 0.000000465. The first-order valence-electron chi connectivity index (χ1n) is 33.2. The van der Waals surface area contributed by atoms with Crippen molar-refractivity contribution in [1.82, 2.24) is 0 Å². The second-order valence-electron chi connectivity index (χ2n) is 23.4. The Hall–Kier alpha value is -6.80. The number of benzene rings is 8. The first kappa shape index (κ1) is 97.3. The Morgan fingerprint density at radius 2 is 0.500 bits per heavy atom. The number of aryl methyl sites for hydroxylation is 5. The van der Waals surface area contributed by atoms with Gasteiger partial charge in [-0.15, -0.1) is 5.75 Å².